The molecule has 11 heteroatoms. The van der Waals surface area contributed by atoms with Crippen molar-refractivity contribution in [3.8, 4) is 5.75 Å². The molecule has 1 saturated carbocycles. The molecule has 2 heterocycles. The van der Waals surface area contributed by atoms with Gasteiger partial charge in [0, 0.05) is 42.1 Å². The van der Waals surface area contributed by atoms with Gasteiger partial charge in [-0.1, -0.05) is 36.7 Å². The summed E-state index contributed by atoms with van der Waals surface area (Å²) < 4.78 is 70.9. The molecule has 2 aromatic carbocycles. The number of hydrogen-bond donors (Lipinski definition) is 1. The number of ether oxygens (including phenoxy) is 2. The SMILES string of the molecule is CO[C@]1(C(F)F)/C=C/C[C@H](C)[C@@H](C)S(=O)(=O)NC(=O)c2ccc3c(c2)N(C[C@@H]2CC[C@H]21)C[C@@]1(CCCc2cc(Cl)ccc21)CO3. The van der Waals surface area contributed by atoms with Crippen molar-refractivity contribution in [2.45, 2.75) is 75.1 Å². The number of benzene rings is 2. The van der Waals surface area contributed by atoms with Crippen LogP contribution in [0.25, 0.3) is 0 Å². The molecule has 0 radical (unpaired) electrons. The van der Waals surface area contributed by atoms with Gasteiger partial charge in [0.25, 0.3) is 12.3 Å². The predicted octanol–water partition coefficient (Wildman–Crippen LogP) is 6.53. The number of rotatable bonds is 2. The Labute approximate surface area is 269 Å². The van der Waals surface area contributed by atoms with Crippen LogP contribution in [0.1, 0.15) is 67.4 Å². The van der Waals surface area contributed by atoms with Crippen LogP contribution in [0.15, 0.2) is 48.6 Å². The minimum absolute atomic E-state index is 0.109. The van der Waals surface area contributed by atoms with Crippen molar-refractivity contribution in [1.82, 2.24) is 4.72 Å². The molecule has 4 aliphatic rings. The van der Waals surface area contributed by atoms with E-state index in [-0.39, 0.29) is 17.9 Å². The summed E-state index contributed by atoms with van der Waals surface area (Å²) in [6.45, 7) is 4.65. The van der Waals surface area contributed by atoms with Crippen LogP contribution in [0.2, 0.25) is 5.02 Å². The van der Waals surface area contributed by atoms with Gasteiger partial charge in [-0.15, -0.1) is 0 Å². The molecule has 2 aliphatic heterocycles. The molecule has 2 bridgehead atoms. The van der Waals surface area contributed by atoms with Gasteiger partial charge in [0.2, 0.25) is 10.0 Å². The third-order valence-corrected chi connectivity index (χ3v) is 13.0. The summed E-state index contributed by atoms with van der Waals surface area (Å²) in [6, 6.07) is 10.9. The highest BCUT2D eigenvalue weighted by molar-refractivity contribution is 7.90. The van der Waals surface area contributed by atoms with Crippen molar-refractivity contribution in [2.75, 3.05) is 31.7 Å². The lowest BCUT2D eigenvalue weighted by Gasteiger charge is -2.50. The number of nitrogens with one attached hydrogen (secondary N) is 1. The Bertz CT molecular complexity index is 1600. The van der Waals surface area contributed by atoms with Gasteiger partial charge >= 0.3 is 0 Å². The molecule has 1 amide bonds. The van der Waals surface area contributed by atoms with E-state index < -0.39 is 50.5 Å². The highest BCUT2D eigenvalue weighted by Crippen LogP contribution is 2.50. The maximum absolute atomic E-state index is 15.0. The summed E-state index contributed by atoms with van der Waals surface area (Å²) in [6.07, 6.45) is 4.59. The number of methoxy groups -OCH3 is 1. The normalized spacial score (nSPS) is 33.7. The summed E-state index contributed by atoms with van der Waals surface area (Å²) in [5.41, 5.74) is 0.984. The van der Waals surface area contributed by atoms with Crippen LogP contribution in [0.5, 0.6) is 5.75 Å². The van der Waals surface area contributed by atoms with Gasteiger partial charge < -0.3 is 14.4 Å². The Balaban J connectivity index is 1.47. The number of carbonyl (C=O) groups excluding carboxylic acids is 1. The predicted molar refractivity (Wildman–Crippen MR) is 171 cm³/mol. The monoisotopic (exact) mass is 662 g/mol. The highest BCUT2D eigenvalue weighted by Gasteiger charge is 2.53. The molecule has 1 spiro atoms. The van der Waals surface area contributed by atoms with Gasteiger partial charge in [-0.05, 0) is 98.7 Å². The van der Waals surface area contributed by atoms with Gasteiger partial charge in [-0.3, -0.25) is 4.79 Å². The molecule has 1 fully saturated rings. The highest BCUT2D eigenvalue weighted by atomic mass is 35.5. The fourth-order valence-electron chi connectivity index (χ4n) is 7.83. The molecule has 0 saturated heterocycles. The third-order valence-electron chi connectivity index (χ3n) is 10.9. The largest absolute Gasteiger partial charge is 0.490 e. The Morgan fingerprint density at radius 2 is 1.96 bits per heavy atom. The number of halogens is 3. The van der Waals surface area contributed by atoms with E-state index in [0.29, 0.717) is 42.6 Å². The number of allylic oxidation sites excluding steroid dienone is 1. The zero-order valence-corrected chi connectivity index (χ0v) is 27.5. The second kappa shape index (κ2) is 12.2. The first-order valence-corrected chi connectivity index (χ1v) is 17.7. The van der Waals surface area contributed by atoms with E-state index in [4.69, 9.17) is 21.1 Å². The van der Waals surface area contributed by atoms with Crippen molar-refractivity contribution < 1.29 is 31.5 Å². The van der Waals surface area contributed by atoms with Crippen LogP contribution in [0.4, 0.5) is 14.5 Å². The standard InChI is InChI=1S/C34H41ClF2N2O5S/c1-21-6-4-15-34(43-3,32(36)37)28-11-8-25(28)18-39-19-33(14-5-7-23-16-26(35)10-12-27(23)33)20-44-30-13-9-24(17-29(30)39)31(40)38-45(41,42)22(21)2/h4,9-10,12-13,15-17,21-22,25,28,32H,5-8,11,14,18-20H2,1-3H3,(H,38,40)/b15-4+/t21-,22+,25-,28+,33-,34+/m0/s1. The van der Waals surface area contributed by atoms with Crippen LogP contribution < -0.4 is 14.4 Å². The van der Waals surface area contributed by atoms with Crippen molar-refractivity contribution >= 4 is 33.2 Å². The number of aryl methyl sites for hydroxylation is 1. The number of alkyl halides is 2. The number of nitrogens with zero attached hydrogens (tertiary/aromatic N) is 1. The molecule has 1 N–H and O–H groups in total. The molecule has 45 heavy (non-hydrogen) atoms. The van der Waals surface area contributed by atoms with Crippen molar-refractivity contribution in [2.24, 2.45) is 17.8 Å². The zero-order chi connectivity index (χ0) is 32.1. The van der Waals surface area contributed by atoms with E-state index in [1.54, 1.807) is 31.2 Å². The van der Waals surface area contributed by atoms with Crippen molar-refractivity contribution in [3.05, 3.63) is 70.3 Å². The summed E-state index contributed by atoms with van der Waals surface area (Å²) >= 11 is 6.38. The van der Waals surface area contributed by atoms with E-state index in [0.717, 1.165) is 31.2 Å². The number of carbonyl (C=O) groups is 1. The van der Waals surface area contributed by atoms with Gasteiger partial charge in [-0.2, -0.15) is 0 Å². The average Bonchev–Trinajstić information content (AvgIpc) is 3.14. The molecule has 0 unspecified atom stereocenters. The Morgan fingerprint density at radius 3 is 2.67 bits per heavy atom. The average molecular weight is 663 g/mol. The lowest BCUT2D eigenvalue weighted by molar-refractivity contribution is -0.156. The van der Waals surface area contributed by atoms with Crippen molar-refractivity contribution in [1.29, 1.82) is 0 Å². The number of amides is 1. The molecule has 2 aromatic rings. The minimum atomic E-state index is -4.06. The summed E-state index contributed by atoms with van der Waals surface area (Å²) in [7, 11) is -2.73. The fourth-order valence-corrected chi connectivity index (χ4v) is 9.31. The van der Waals surface area contributed by atoms with Gasteiger partial charge in [0.05, 0.1) is 17.5 Å². The van der Waals surface area contributed by atoms with Crippen molar-refractivity contribution in [3.63, 3.8) is 0 Å². The maximum Gasteiger partial charge on any atom is 0.270 e. The smallest absolute Gasteiger partial charge is 0.270 e. The first-order chi connectivity index (χ1) is 21.4. The fraction of sp³-hybridized carbons (Fsp3) is 0.559. The number of hydrogen-bond acceptors (Lipinski definition) is 6. The molecular formula is C34H41ClF2N2O5S. The molecular weight excluding hydrogens is 622 g/mol. The van der Waals surface area contributed by atoms with E-state index in [1.165, 1.54) is 25.7 Å². The van der Waals surface area contributed by atoms with Crippen LogP contribution in [-0.2, 0) is 26.6 Å². The van der Waals surface area contributed by atoms with E-state index >= 15 is 0 Å². The Morgan fingerprint density at radius 1 is 1.16 bits per heavy atom. The third kappa shape index (κ3) is 5.76. The zero-order valence-electron chi connectivity index (χ0n) is 25.9. The van der Waals surface area contributed by atoms with Gasteiger partial charge in [0.1, 0.15) is 11.4 Å². The summed E-state index contributed by atoms with van der Waals surface area (Å²) in [5, 5.41) is -0.268. The lowest BCUT2D eigenvalue weighted by atomic mass is 9.64. The van der Waals surface area contributed by atoms with Crippen LogP contribution in [0, 0.1) is 17.8 Å². The van der Waals surface area contributed by atoms with Crippen LogP contribution >= 0.6 is 11.6 Å². The molecule has 0 aromatic heterocycles. The van der Waals surface area contributed by atoms with Crippen LogP contribution in [-0.4, -0.2) is 58.4 Å². The summed E-state index contributed by atoms with van der Waals surface area (Å²) in [5.74, 6) is -1.14. The van der Waals surface area contributed by atoms with Crippen LogP contribution in [0.3, 0.4) is 0 Å². The van der Waals surface area contributed by atoms with E-state index in [2.05, 4.69) is 15.7 Å². The topological polar surface area (TPSA) is 84.9 Å². The molecule has 2 aliphatic carbocycles. The first-order valence-electron chi connectivity index (χ1n) is 15.8. The quantitative estimate of drug-likeness (QED) is 0.368. The van der Waals surface area contributed by atoms with E-state index in [9.17, 15) is 22.0 Å². The molecule has 7 nitrogen and oxygen atoms in total. The number of sulfonamides is 1. The lowest BCUT2D eigenvalue weighted by Crippen LogP contribution is -2.55. The second-order valence-corrected chi connectivity index (χ2v) is 15.9. The molecule has 6 rings (SSSR count). The maximum atomic E-state index is 15.0. The Hall–Kier alpha value is -2.69. The molecule has 6 atom stereocenters. The number of anilines is 1. The number of fused-ring (bicyclic) bond motifs is 4. The Kier molecular flexibility index (Phi) is 8.71. The van der Waals surface area contributed by atoms with Gasteiger partial charge in [0.15, 0.2) is 0 Å². The van der Waals surface area contributed by atoms with E-state index in [1.807, 2.05) is 12.1 Å². The van der Waals surface area contributed by atoms with Gasteiger partial charge in [-0.25, -0.2) is 21.9 Å². The second-order valence-electron chi connectivity index (χ2n) is 13.4. The first kappa shape index (κ1) is 32.3. The molecule has 244 valence electrons. The summed E-state index contributed by atoms with van der Waals surface area (Å²) in [4.78, 5) is 15.6. The minimum Gasteiger partial charge on any atom is -0.490 e.